The monoisotopic (exact) mass is 260 g/mol. The minimum absolute atomic E-state index is 0.184. The number of benzene rings is 1. The molecule has 0 aromatic heterocycles. The van der Waals surface area contributed by atoms with Gasteiger partial charge in [0.05, 0.1) is 5.56 Å². The second kappa shape index (κ2) is 6.09. The molecule has 104 valence electrons. The van der Waals surface area contributed by atoms with Crippen LogP contribution < -0.4 is 5.32 Å². The molecule has 0 bridgehead atoms. The highest BCUT2D eigenvalue weighted by Gasteiger charge is 2.33. The van der Waals surface area contributed by atoms with Crippen molar-refractivity contribution in [3.05, 3.63) is 29.3 Å². The number of unbranched alkanes of at least 4 members (excludes halogenated alkanes) is 1. The van der Waals surface area contributed by atoms with Gasteiger partial charge in [-0.15, -0.1) is 0 Å². The van der Waals surface area contributed by atoms with Gasteiger partial charge >= 0.3 is 0 Å². The first-order valence-electron chi connectivity index (χ1n) is 7.26. The fourth-order valence-electron chi connectivity index (χ4n) is 2.37. The molecule has 1 aliphatic carbocycles. The first kappa shape index (κ1) is 13.9. The molecule has 0 heterocycles. The Morgan fingerprint density at radius 2 is 2.16 bits per heavy atom. The van der Waals surface area contributed by atoms with Crippen LogP contribution in [0.5, 0.6) is 0 Å². The van der Waals surface area contributed by atoms with Crippen LogP contribution >= 0.6 is 0 Å². The van der Waals surface area contributed by atoms with Crippen LogP contribution in [0.1, 0.15) is 48.5 Å². The van der Waals surface area contributed by atoms with E-state index in [1.165, 1.54) is 0 Å². The predicted octanol–water partition coefficient (Wildman–Crippen LogP) is 3.44. The van der Waals surface area contributed by atoms with Crippen molar-refractivity contribution in [2.75, 3.05) is 18.9 Å². The van der Waals surface area contributed by atoms with Gasteiger partial charge in [0.15, 0.2) is 0 Å². The van der Waals surface area contributed by atoms with E-state index < -0.39 is 0 Å². The second-order valence-electron chi connectivity index (χ2n) is 5.38. The lowest BCUT2D eigenvalue weighted by molar-refractivity contribution is 0.0741. The van der Waals surface area contributed by atoms with Gasteiger partial charge in [0.2, 0.25) is 0 Å². The van der Waals surface area contributed by atoms with Gasteiger partial charge in [-0.05, 0) is 38.3 Å². The van der Waals surface area contributed by atoms with Crippen LogP contribution in [-0.2, 0) is 0 Å². The average Bonchev–Trinajstić information content (AvgIpc) is 3.23. The van der Waals surface area contributed by atoms with Crippen LogP contribution in [0.2, 0.25) is 0 Å². The van der Waals surface area contributed by atoms with Crippen molar-refractivity contribution in [2.24, 2.45) is 0 Å². The minimum Gasteiger partial charge on any atom is -0.387 e. The average molecular weight is 260 g/mol. The number of aryl methyl sites for hydroxylation is 1. The van der Waals surface area contributed by atoms with Crippen LogP contribution in [0.25, 0.3) is 0 Å². The summed E-state index contributed by atoms with van der Waals surface area (Å²) in [5, 5.41) is 3.13. The molecule has 3 nitrogen and oxygen atoms in total. The number of rotatable bonds is 6. The largest absolute Gasteiger partial charge is 0.387 e. The summed E-state index contributed by atoms with van der Waals surface area (Å²) < 4.78 is 0. The van der Waals surface area contributed by atoms with Gasteiger partial charge in [-0.1, -0.05) is 25.0 Å². The Hall–Kier alpha value is -1.51. The molecule has 0 unspecified atom stereocenters. The SMILES string of the molecule is CCCCN(C(=O)c1cc(C)ccc1NC)C1CC1. The quantitative estimate of drug-likeness (QED) is 0.849. The summed E-state index contributed by atoms with van der Waals surface area (Å²) in [7, 11) is 1.87. The molecule has 1 fully saturated rings. The van der Waals surface area contributed by atoms with Gasteiger partial charge in [-0.3, -0.25) is 4.79 Å². The number of hydrogen-bond acceptors (Lipinski definition) is 2. The summed E-state index contributed by atoms with van der Waals surface area (Å²) >= 11 is 0. The van der Waals surface area contributed by atoms with Gasteiger partial charge < -0.3 is 10.2 Å². The van der Waals surface area contributed by atoms with Crippen LogP contribution in [0, 0.1) is 6.92 Å². The fraction of sp³-hybridized carbons (Fsp3) is 0.562. The molecular weight excluding hydrogens is 236 g/mol. The van der Waals surface area contributed by atoms with Gasteiger partial charge in [-0.25, -0.2) is 0 Å². The maximum atomic E-state index is 12.8. The third kappa shape index (κ3) is 3.28. The normalized spacial score (nSPS) is 14.3. The van der Waals surface area contributed by atoms with Crippen molar-refractivity contribution in [1.82, 2.24) is 4.90 Å². The molecule has 1 N–H and O–H groups in total. The third-order valence-corrected chi connectivity index (χ3v) is 3.68. The van der Waals surface area contributed by atoms with E-state index >= 15 is 0 Å². The summed E-state index contributed by atoms with van der Waals surface area (Å²) in [5.74, 6) is 0.184. The molecule has 0 spiro atoms. The van der Waals surface area contributed by atoms with Crippen molar-refractivity contribution >= 4 is 11.6 Å². The van der Waals surface area contributed by atoms with Crippen molar-refractivity contribution in [3.63, 3.8) is 0 Å². The Morgan fingerprint density at radius 1 is 1.42 bits per heavy atom. The Kier molecular flexibility index (Phi) is 4.46. The molecule has 1 amide bonds. The molecule has 0 atom stereocenters. The van der Waals surface area contributed by atoms with E-state index in [2.05, 4.69) is 17.1 Å². The summed E-state index contributed by atoms with van der Waals surface area (Å²) in [6.45, 7) is 5.09. The van der Waals surface area contributed by atoms with Crippen LogP contribution in [0.15, 0.2) is 18.2 Å². The molecule has 1 aliphatic rings. The fourth-order valence-corrected chi connectivity index (χ4v) is 2.37. The van der Waals surface area contributed by atoms with Gasteiger partial charge in [0, 0.05) is 25.3 Å². The zero-order valence-electron chi connectivity index (χ0n) is 12.2. The highest BCUT2D eigenvalue weighted by molar-refractivity contribution is 6.00. The molecular formula is C16H24N2O. The topological polar surface area (TPSA) is 32.3 Å². The Labute approximate surface area is 116 Å². The summed E-state index contributed by atoms with van der Waals surface area (Å²) in [6.07, 6.45) is 4.54. The molecule has 0 saturated heterocycles. The van der Waals surface area contributed by atoms with Crippen molar-refractivity contribution in [3.8, 4) is 0 Å². The van der Waals surface area contributed by atoms with E-state index in [-0.39, 0.29) is 5.91 Å². The lowest BCUT2D eigenvalue weighted by atomic mass is 10.1. The number of hydrogen-bond donors (Lipinski definition) is 1. The molecule has 19 heavy (non-hydrogen) atoms. The van der Waals surface area contributed by atoms with Crippen LogP contribution in [-0.4, -0.2) is 30.4 Å². The number of nitrogens with zero attached hydrogens (tertiary/aromatic N) is 1. The van der Waals surface area contributed by atoms with E-state index in [9.17, 15) is 4.79 Å². The van der Waals surface area contributed by atoms with Gasteiger partial charge in [0.25, 0.3) is 5.91 Å². The van der Waals surface area contributed by atoms with Crippen LogP contribution in [0.3, 0.4) is 0 Å². The van der Waals surface area contributed by atoms with E-state index in [1.54, 1.807) is 0 Å². The highest BCUT2D eigenvalue weighted by Crippen LogP contribution is 2.30. The summed E-state index contributed by atoms with van der Waals surface area (Å²) in [6, 6.07) is 6.50. The minimum atomic E-state index is 0.184. The first-order valence-corrected chi connectivity index (χ1v) is 7.26. The number of anilines is 1. The van der Waals surface area contributed by atoms with E-state index in [4.69, 9.17) is 0 Å². The van der Waals surface area contributed by atoms with Crippen LogP contribution in [0.4, 0.5) is 5.69 Å². The first-order chi connectivity index (χ1) is 9.17. The second-order valence-corrected chi connectivity index (χ2v) is 5.38. The maximum absolute atomic E-state index is 12.8. The number of carbonyl (C=O) groups excluding carboxylic acids is 1. The van der Waals surface area contributed by atoms with Crippen molar-refractivity contribution < 1.29 is 4.79 Å². The van der Waals surface area contributed by atoms with Crippen molar-refractivity contribution in [2.45, 2.75) is 45.6 Å². The predicted molar refractivity (Wildman–Crippen MR) is 79.7 cm³/mol. The number of nitrogens with one attached hydrogen (secondary N) is 1. The maximum Gasteiger partial charge on any atom is 0.256 e. The Morgan fingerprint density at radius 3 is 2.74 bits per heavy atom. The molecule has 0 aliphatic heterocycles. The number of amides is 1. The smallest absolute Gasteiger partial charge is 0.256 e. The highest BCUT2D eigenvalue weighted by atomic mass is 16.2. The van der Waals surface area contributed by atoms with E-state index in [1.807, 2.05) is 32.2 Å². The van der Waals surface area contributed by atoms with Gasteiger partial charge in [-0.2, -0.15) is 0 Å². The lowest BCUT2D eigenvalue weighted by Crippen LogP contribution is -2.34. The molecule has 1 saturated carbocycles. The van der Waals surface area contributed by atoms with E-state index in [0.29, 0.717) is 6.04 Å². The standard InChI is InChI=1S/C16H24N2O/c1-4-5-10-18(13-7-8-13)16(19)14-11-12(2)6-9-15(14)17-3/h6,9,11,13,17H,4-5,7-8,10H2,1-3H3. The molecule has 0 radical (unpaired) electrons. The Balaban J connectivity index is 2.22. The zero-order chi connectivity index (χ0) is 13.8. The summed E-state index contributed by atoms with van der Waals surface area (Å²) in [5.41, 5.74) is 2.87. The lowest BCUT2D eigenvalue weighted by Gasteiger charge is -2.23. The molecule has 3 heteroatoms. The van der Waals surface area contributed by atoms with Crippen molar-refractivity contribution in [1.29, 1.82) is 0 Å². The molecule has 1 aromatic rings. The number of carbonyl (C=O) groups is 1. The van der Waals surface area contributed by atoms with E-state index in [0.717, 1.165) is 49.0 Å². The van der Waals surface area contributed by atoms with Gasteiger partial charge in [0.1, 0.15) is 0 Å². The zero-order valence-corrected chi connectivity index (χ0v) is 12.2. The molecule has 2 rings (SSSR count). The molecule has 1 aromatic carbocycles. The summed E-state index contributed by atoms with van der Waals surface area (Å²) in [4.78, 5) is 14.8. The third-order valence-electron chi connectivity index (χ3n) is 3.68. The Bertz CT molecular complexity index is 452.